The molecule has 0 aliphatic rings. The van der Waals surface area contributed by atoms with Gasteiger partial charge in [-0.3, -0.25) is 9.67 Å². The van der Waals surface area contributed by atoms with Gasteiger partial charge in [-0.25, -0.2) is 4.39 Å². The first-order chi connectivity index (χ1) is 8.63. The van der Waals surface area contributed by atoms with E-state index in [0.29, 0.717) is 23.0 Å². The minimum atomic E-state index is -1.01. The molecule has 0 fully saturated rings. The molecule has 1 atom stereocenters. The summed E-state index contributed by atoms with van der Waals surface area (Å²) < 4.78 is 14.4. The fraction of sp³-hybridized carbons (Fsp3) is 0.333. The van der Waals surface area contributed by atoms with Crippen LogP contribution in [0.1, 0.15) is 30.8 Å². The van der Waals surface area contributed by atoms with Crippen molar-refractivity contribution in [2.75, 3.05) is 0 Å². The Morgan fingerprint density at radius 1 is 1.44 bits per heavy atom. The van der Waals surface area contributed by atoms with Crippen molar-refractivity contribution in [3.8, 4) is 0 Å². The van der Waals surface area contributed by atoms with Gasteiger partial charge in [0.05, 0.1) is 28.8 Å². The molecule has 0 aliphatic carbocycles. The van der Waals surface area contributed by atoms with Crippen LogP contribution in [-0.4, -0.2) is 19.9 Å². The second-order valence-corrected chi connectivity index (χ2v) is 4.31. The minimum absolute atomic E-state index is 0.344. The van der Waals surface area contributed by atoms with Gasteiger partial charge in [0.25, 0.3) is 0 Å². The van der Waals surface area contributed by atoms with Gasteiger partial charge in [-0.05, 0) is 18.6 Å². The van der Waals surface area contributed by atoms with Crippen molar-refractivity contribution in [2.24, 2.45) is 0 Å². The second kappa shape index (κ2) is 5.46. The summed E-state index contributed by atoms with van der Waals surface area (Å²) >= 11 is 6.01. The van der Waals surface area contributed by atoms with Crippen molar-refractivity contribution in [1.29, 1.82) is 0 Å². The van der Waals surface area contributed by atoms with E-state index in [9.17, 15) is 9.50 Å². The molecule has 4 nitrogen and oxygen atoms in total. The summed E-state index contributed by atoms with van der Waals surface area (Å²) in [6.45, 7) is 2.65. The van der Waals surface area contributed by atoms with Crippen molar-refractivity contribution < 1.29 is 9.50 Å². The number of aryl methyl sites for hydroxylation is 1. The topological polar surface area (TPSA) is 50.9 Å². The fourth-order valence-corrected chi connectivity index (χ4v) is 1.97. The summed E-state index contributed by atoms with van der Waals surface area (Å²) in [5.74, 6) is -0.445. The Hall–Kier alpha value is -1.46. The highest BCUT2D eigenvalue weighted by Gasteiger charge is 2.20. The third-order valence-electron chi connectivity index (χ3n) is 2.56. The summed E-state index contributed by atoms with van der Waals surface area (Å²) in [6.07, 6.45) is 2.41. The lowest BCUT2D eigenvalue weighted by Crippen LogP contribution is -2.11. The predicted octanol–water partition coefficient (Wildman–Crippen LogP) is 2.56. The Kier molecular flexibility index (Phi) is 3.93. The predicted molar refractivity (Wildman–Crippen MR) is 65.8 cm³/mol. The molecule has 18 heavy (non-hydrogen) atoms. The average molecular weight is 270 g/mol. The molecule has 0 spiro atoms. The van der Waals surface area contributed by atoms with E-state index in [2.05, 4.69) is 10.1 Å². The highest BCUT2D eigenvalue weighted by molar-refractivity contribution is 6.31. The highest BCUT2D eigenvalue weighted by Crippen LogP contribution is 2.27. The standard InChI is InChI=1S/C12H13ClFN3O/c1-2-5-17-11(9(13)7-16-17)12(18)10-4-3-8(14)6-15-10/h3-4,6-7,12,18H,2,5H2,1H3. The van der Waals surface area contributed by atoms with Crippen molar-refractivity contribution in [3.63, 3.8) is 0 Å². The Bertz CT molecular complexity index is 527. The van der Waals surface area contributed by atoms with Gasteiger partial charge in [0.2, 0.25) is 0 Å². The van der Waals surface area contributed by atoms with Crippen LogP contribution in [0, 0.1) is 5.82 Å². The smallest absolute Gasteiger partial charge is 0.141 e. The summed E-state index contributed by atoms with van der Waals surface area (Å²) in [7, 11) is 0. The molecule has 1 N–H and O–H groups in total. The Morgan fingerprint density at radius 2 is 2.22 bits per heavy atom. The number of hydrogen-bond acceptors (Lipinski definition) is 3. The third-order valence-corrected chi connectivity index (χ3v) is 2.85. The summed E-state index contributed by atoms with van der Waals surface area (Å²) in [5, 5.41) is 14.7. The number of hydrogen-bond donors (Lipinski definition) is 1. The molecule has 6 heteroatoms. The van der Waals surface area contributed by atoms with E-state index in [1.807, 2.05) is 6.92 Å². The van der Waals surface area contributed by atoms with Crippen LogP contribution in [-0.2, 0) is 6.54 Å². The van der Waals surface area contributed by atoms with Crippen molar-refractivity contribution >= 4 is 11.6 Å². The number of pyridine rings is 1. The first kappa shape index (κ1) is 13.0. The number of aromatic nitrogens is 3. The number of rotatable bonds is 4. The van der Waals surface area contributed by atoms with E-state index in [0.717, 1.165) is 12.6 Å². The van der Waals surface area contributed by atoms with Gasteiger partial charge in [-0.2, -0.15) is 5.10 Å². The summed E-state index contributed by atoms with van der Waals surface area (Å²) in [6, 6.07) is 2.68. The average Bonchev–Trinajstić information content (AvgIpc) is 2.71. The van der Waals surface area contributed by atoms with Gasteiger partial charge in [0, 0.05) is 6.54 Å². The van der Waals surface area contributed by atoms with Gasteiger partial charge < -0.3 is 5.11 Å². The van der Waals surface area contributed by atoms with Crippen LogP contribution in [0.4, 0.5) is 4.39 Å². The van der Waals surface area contributed by atoms with Gasteiger partial charge in [0.1, 0.15) is 11.9 Å². The fourth-order valence-electron chi connectivity index (χ4n) is 1.72. The Morgan fingerprint density at radius 3 is 2.83 bits per heavy atom. The van der Waals surface area contributed by atoms with Crippen molar-refractivity contribution in [3.05, 3.63) is 46.8 Å². The molecule has 96 valence electrons. The van der Waals surface area contributed by atoms with Crippen LogP contribution in [0.15, 0.2) is 24.5 Å². The van der Waals surface area contributed by atoms with Gasteiger partial charge in [-0.15, -0.1) is 0 Å². The second-order valence-electron chi connectivity index (χ2n) is 3.90. The zero-order valence-electron chi connectivity index (χ0n) is 9.85. The molecule has 0 aromatic carbocycles. The van der Waals surface area contributed by atoms with Crippen molar-refractivity contribution in [2.45, 2.75) is 26.0 Å². The number of aliphatic hydroxyl groups excluding tert-OH is 1. The molecule has 1 unspecified atom stereocenters. The van der Waals surface area contributed by atoms with Gasteiger partial charge >= 0.3 is 0 Å². The zero-order chi connectivity index (χ0) is 13.1. The van der Waals surface area contributed by atoms with Crippen LogP contribution >= 0.6 is 11.6 Å². The molecule has 0 radical (unpaired) electrons. The maximum atomic E-state index is 12.8. The Labute approximate surface area is 109 Å². The third kappa shape index (κ3) is 2.52. The van der Waals surface area contributed by atoms with Crippen LogP contribution in [0.25, 0.3) is 0 Å². The molecule has 0 aliphatic heterocycles. The molecule has 0 saturated carbocycles. The molecule has 0 saturated heterocycles. The molecule has 2 aromatic heterocycles. The van der Waals surface area contributed by atoms with E-state index in [1.54, 1.807) is 4.68 Å². The first-order valence-electron chi connectivity index (χ1n) is 5.64. The SMILES string of the molecule is CCCn1ncc(Cl)c1C(O)c1ccc(F)cn1. The van der Waals surface area contributed by atoms with Crippen LogP contribution in [0.3, 0.4) is 0 Å². The lowest BCUT2D eigenvalue weighted by molar-refractivity contribution is 0.202. The molecule has 0 amide bonds. The van der Waals surface area contributed by atoms with Crippen molar-refractivity contribution in [1.82, 2.24) is 14.8 Å². The van der Waals surface area contributed by atoms with Gasteiger partial charge in [-0.1, -0.05) is 18.5 Å². The maximum Gasteiger partial charge on any atom is 0.141 e. The van der Waals surface area contributed by atoms with E-state index >= 15 is 0 Å². The lowest BCUT2D eigenvalue weighted by atomic mass is 10.1. The molecular formula is C12H13ClFN3O. The van der Waals surface area contributed by atoms with Crippen LogP contribution in [0.2, 0.25) is 5.02 Å². The zero-order valence-corrected chi connectivity index (χ0v) is 10.6. The molecule has 0 bridgehead atoms. The Balaban J connectivity index is 2.35. The van der Waals surface area contributed by atoms with Gasteiger partial charge in [0.15, 0.2) is 0 Å². The van der Waals surface area contributed by atoms with Crippen LogP contribution in [0.5, 0.6) is 0 Å². The highest BCUT2D eigenvalue weighted by atomic mass is 35.5. The van der Waals surface area contributed by atoms with E-state index in [1.165, 1.54) is 18.3 Å². The number of aliphatic hydroxyl groups is 1. The summed E-state index contributed by atoms with van der Waals surface area (Å²) in [4.78, 5) is 3.85. The largest absolute Gasteiger partial charge is 0.380 e. The normalized spacial score (nSPS) is 12.7. The molecule has 2 rings (SSSR count). The van der Waals surface area contributed by atoms with Crippen LogP contribution < -0.4 is 0 Å². The number of halogens is 2. The van der Waals surface area contributed by atoms with E-state index in [-0.39, 0.29) is 0 Å². The number of nitrogens with zero attached hydrogens (tertiary/aromatic N) is 3. The summed E-state index contributed by atoms with van der Waals surface area (Å²) in [5.41, 5.74) is 0.828. The van der Waals surface area contributed by atoms with E-state index in [4.69, 9.17) is 11.6 Å². The molecule has 2 aromatic rings. The molecular weight excluding hydrogens is 257 g/mol. The van der Waals surface area contributed by atoms with E-state index < -0.39 is 11.9 Å². The quantitative estimate of drug-likeness (QED) is 0.928. The minimum Gasteiger partial charge on any atom is -0.380 e. The first-order valence-corrected chi connectivity index (χ1v) is 6.02. The lowest BCUT2D eigenvalue weighted by Gasteiger charge is -2.13. The molecule has 2 heterocycles. The maximum absolute atomic E-state index is 12.8. The monoisotopic (exact) mass is 269 g/mol.